The molecule has 9 heteroatoms. The Kier molecular flexibility index (Phi) is 8.13. The zero-order chi connectivity index (χ0) is 24.8. The Morgan fingerprint density at radius 2 is 1.83 bits per heavy atom. The van der Waals surface area contributed by atoms with Crippen molar-refractivity contribution in [2.75, 3.05) is 7.11 Å². The van der Waals surface area contributed by atoms with Crippen molar-refractivity contribution in [3.05, 3.63) is 99.5 Å². The number of halogens is 2. The molecule has 0 aliphatic rings. The molecule has 0 bridgehead atoms. The summed E-state index contributed by atoms with van der Waals surface area (Å²) >= 11 is 13.6. The Morgan fingerprint density at radius 1 is 1.09 bits per heavy atom. The molecule has 0 amide bonds. The van der Waals surface area contributed by atoms with Crippen LogP contribution < -0.4 is 0 Å². The van der Waals surface area contributed by atoms with Crippen LogP contribution in [0.3, 0.4) is 0 Å². The van der Waals surface area contributed by atoms with E-state index in [1.165, 1.54) is 18.9 Å². The maximum Gasteiger partial charge on any atom is 0.339 e. The molecule has 0 radical (unpaired) electrons. The van der Waals surface area contributed by atoms with Crippen LogP contribution >= 0.6 is 35.0 Å². The van der Waals surface area contributed by atoms with Gasteiger partial charge in [-0.25, -0.2) is 4.79 Å². The zero-order valence-electron chi connectivity index (χ0n) is 18.9. The number of aryl methyl sites for hydroxylation is 1. The van der Waals surface area contributed by atoms with Crippen LogP contribution in [0.4, 0.5) is 0 Å². The molecule has 1 heterocycles. The van der Waals surface area contributed by atoms with E-state index < -0.39 is 5.97 Å². The third kappa shape index (κ3) is 5.88. The number of hydrogen-bond donors (Lipinski definition) is 0. The molecule has 0 aliphatic heterocycles. The van der Waals surface area contributed by atoms with E-state index in [4.69, 9.17) is 37.9 Å². The predicted molar refractivity (Wildman–Crippen MR) is 139 cm³/mol. The number of aromatic nitrogens is 2. The summed E-state index contributed by atoms with van der Waals surface area (Å²) in [6.07, 6.45) is 1.63. The number of methoxy groups -OCH3 is 1. The van der Waals surface area contributed by atoms with Gasteiger partial charge in [0.1, 0.15) is 17.3 Å². The van der Waals surface area contributed by atoms with Crippen molar-refractivity contribution < 1.29 is 14.4 Å². The highest BCUT2D eigenvalue weighted by atomic mass is 35.5. The van der Waals surface area contributed by atoms with Gasteiger partial charge in [0.05, 0.1) is 24.5 Å². The van der Waals surface area contributed by atoms with Crippen molar-refractivity contribution >= 4 is 47.1 Å². The number of benzene rings is 3. The van der Waals surface area contributed by atoms with Crippen LogP contribution in [0, 0.1) is 0 Å². The molecule has 178 valence electrons. The smallest absolute Gasteiger partial charge is 0.339 e. The SMILES string of the molecule is COC(=O)c1ccccc1Sc1c(/C=N/OCc2ccc(Cl)cc2Cl)c(-c2ccccc2)nn1C. The van der Waals surface area contributed by atoms with E-state index in [0.29, 0.717) is 15.6 Å². The van der Waals surface area contributed by atoms with Crippen LogP contribution in [0.2, 0.25) is 10.0 Å². The minimum atomic E-state index is -0.406. The molecule has 0 unspecified atom stereocenters. The van der Waals surface area contributed by atoms with Crippen molar-refractivity contribution in [2.45, 2.75) is 16.5 Å². The van der Waals surface area contributed by atoms with Gasteiger partial charge in [-0.2, -0.15) is 5.10 Å². The second-order valence-corrected chi connectivity index (χ2v) is 9.26. The summed E-state index contributed by atoms with van der Waals surface area (Å²) < 4.78 is 6.71. The molecule has 4 rings (SSSR count). The van der Waals surface area contributed by atoms with Gasteiger partial charge in [0.25, 0.3) is 0 Å². The van der Waals surface area contributed by atoms with Crippen LogP contribution in [-0.2, 0) is 23.2 Å². The highest BCUT2D eigenvalue weighted by Gasteiger charge is 2.20. The molecule has 3 aromatic carbocycles. The van der Waals surface area contributed by atoms with Crippen molar-refractivity contribution in [3.63, 3.8) is 0 Å². The van der Waals surface area contributed by atoms with E-state index >= 15 is 0 Å². The third-order valence-corrected chi connectivity index (χ3v) is 6.91. The van der Waals surface area contributed by atoms with Crippen LogP contribution in [-0.4, -0.2) is 29.1 Å². The van der Waals surface area contributed by atoms with Crippen LogP contribution in [0.5, 0.6) is 0 Å². The van der Waals surface area contributed by atoms with Gasteiger partial charge in [-0.05, 0) is 24.3 Å². The van der Waals surface area contributed by atoms with E-state index in [0.717, 1.165) is 32.3 Å². The molecule has 0 aliphatic carbocycles. The Hall–Kier alpha value is -3.26. The van der Waals surface area contributed by atoms with Gasteiger partial charge in [0.15, 0.2) is 0 Å². The largest absolute Gasteiger partial charge is 0.465 e. The van der Waals surface area contributed by atoms with Gasteiger partial charge in [-0.1, -0.05) is 88.7 Å². The van der Waals surface area contributed by atoms with Gasteiger partial charge in [0.2, 0.25) is 0 Å². The molecule has 6 nitrogen and oxygen atoms in total. The molecular formula is C26H21Cl2N3O3S. The second-order valence-electron chi connectivity index (χ2n) is 7.39. The highest BCUT2D eigenvalue weighted by Crippen LogP contribution is 2.36. The van der Waals surface area contributed by atoms with Crippen LogP contribution in [0.25, 0.3) is 11.3 Å². The summed E-state index contributed by atoms with van der Waals surface area (Å²) in [5.41, 5.74) is 3.66. The Bertz CT molecular complexity index is 1370. The van der Waals surface area contributed by atoms with Crippen molar-refractivity contribution in [1.29, 1.82) is 0 Å². The summed E-state index contributed by atoms with van der Waals surface area (Å²) in [6, 6.07) is 22.3. The monoisotopic (exact) mass is 525 g/mol. The van der Waals surface area contributed by atoms with Crippen LogP contribution in [0.15, 0.2) is 87.9 Å². The molecule has 0 atom stereocenters. The van der Waals surface area contributed by atoms with Gasteiger partial charge in [0, 0.05) is 33.1 Å². The normalized spacial score (nSPS) is 11.1. The van der Waals surface area contributed by atoms with Gasteiger partial charge in [-0.3, -0.25) is 4.68 Å². The number of hydrogen-bond acceptors (Lipinski definition) is 6. The third-order valence-electron chi connectivity index (χ3n) is 5.07. The van der Waals surface area contributed by atoms with Crippen molar-refractivity contribution in [1.82, 2.24) is 9.78 Å². The van der Waals surface area contributed by atoms with Gasteiger partial charge in [-0.15, -0.1) is 0 Å². The molecule has 0 fully saturated rings. The Balaban J connectivity index is 1.68. The molecule has 1 aromatic heterocycles. The fourth-order valence-corrected chi connectivity index (χ4v) is 4.86. The molecule has 0 N–H and O–H groups in total. The Morgan fingerprint density at radius 3 is 2.57 bits per heavy atom. The quantitative estimate of drug-likeness (QED) is 0.142. The molecule has 0 spiro atoms. The molecule has 0 saturated carbocycles. The number of ether oxygens (including phenoxy) is 1. The highest BCUT2D eigenvalue weighted by molar-refractivity contribution is 7.99. The summed E-state index contributed by atoms with van der Waals surface area (Å²) in [5.74, 6) is -0.406. The molecule has 35 heavy (non-hydrogen) atoms. The van der Waals surface area contributed by atoms with Crippen molar-refractivity contribution in [3.8, 4) is 11.3 Å². The van der Waals surface area contributed by atoms with E-state index in [1.807, 2.05) is 49.5 Å². The maximum atomic E-state index is 12.3. The summed E-state index contributed by atoms with van der Waals surface area (Å²) in [5, 5.41) is 10.8. The van der Waals surface area contributed by atoms with E-state index in [2.05, 4.69) is 5.16 Å². The number of nitrogens with zero attached hydrogens (tertiary/aromatic N) is 3. The minimum absolute atomic E-state index is 0.182. The predicted octanol–water partition coefficient (Wildman–Crippen LogP) is 6.88. The first kappa shape index (κ1) is 24.9. The fraction of sp³-hybridized carbons (Fsp3) is 0.115. The van der Waals surface area contributed by atoms with Crippen LogP contribution in [0.1, 0.15) is 21.5 Å². The second kappa shape index (κ2) is 11.4. The lowest BCUT2D eigenvalue weighted by atomic mass is 10.1. The lowest BCUT2D eigenvalue weighted by Gasteiger charge is -2.08. The first-order valence-electron chi connectivity index (χ1n) is 10.5. The van der Waals surface area contributed by atoms with Gasteiger partial charge < -0.3 is 9.57 Å². The number of carbonyl (C=O) groups is 1. The molecule has 4 aromatic rings. The zero-order valence-corrected chi connectivity index (χ0v) is 21.3. The minimum Gasteiger partial charge on any atom is -0.465 e. The lowest BCUT2D eigenvalue weighted by Crippen LogP contribution is -2.03. The maximum absolute atomic E-state index is 12.3. The van der Waals surface area contributed by atoms with E-state index in [-0.39, 0.29) is 6.61 Å². The average Bonchev–Trinajstić information content (AvgIpc) is 3.18. The lowest BCUT2D eigenvalue weighted by molar-refractivity contribution is 0.0597. The van der Waals surface area contributed by atoms with E-state index in [1.54, 1.807) is 41.2 Å². The first-order valence-corrected chi connectivity index (χ1v) is 12.1. The number of esters is 1. The fourth-order valence-electron chi connectivity index (χ4n) is 3.35. The number of oxime groups is 1. The molecule has 0 saturated heterocycles. The number of carbonyl (C=O) groups excluding carboxylic acids is 1. The summed E-state index contributed by atoms with van der Waals surface area (Å²) in [4.78, 5) is 18.6. The molecular weight excluding hydrogens is 505 g/mol. The summed E-state index contributed by atoms with van der Waals surface area (Å²) in [6.45, 7) is 0.182. The van der Waals surface area contributed by atoms with E-state index in [9.17, 15) is 4.79 Å². The number of rotatable bonds is 8. The Labute approximate surface area is 217 Å². The van der Waals surface area contributed by atoms with Crippen molar-refractivity contribution in [2.24, 2.45) is 12.2 Å². The first-order chi connectivity index (χ1) is 17.0. The summed E-state index contributed by atoms with van der Waals surface area (Å²) in [7, 11) is 3.21. The van der Waals surface area contributed by atoms with Gasteiger partial charge >= 0.3 is 5.97 Å². The standard InChI is InChI=1S/C26H21Cl2N3O3S/c1-31-25(35-23-11-7-6-10-20(23)26(32)33-2)21(24(30-31)17-8-4-3-5-9-17)15-29-34-16-18-12-13-19(27)14-22(18)28/h3-15H,16H2,1-2H3/b29-15+. The average molecular weight is 526 g/mol. The topological polar surface area (TPSA) is 65.7 Å².